The van der Waals surface area contributed by atoms with Crippen LogP contribution in [0.5, 0.6) is 5.75 Å². The first-order valence-corrected chi connectivity index (χ1v) is 6.77. The van der Waals surface area contributed by atoms with E-state index in [1.54, 1.807) is 12.1 Å². The Hall–Kier alpha value is -1.22. The molecular weight excluding hydrogens is 281 g/mol. The number of halogens is 2. The summed E-state index contributed by atoms with van der Waals surface area (Å²) in [5.41, 5.74) is 1.11. The summed E-state index contributed by atoms with van der Waals surface area (Å²) < 4.78 is 5.97. The van der Waals surface area contributed by atoms with Crippen LogP contribution in [0.25, 0.3) is 0 Å². The molecule has 2 aromatic rings. The van der Waals surface area contributed by atoms with Crippen LogP contribution < -0.4 is 10.1 Å². The van der Waals surface area contributed by atoms with Crippen LogP contribution in [0.15, 0.2) is 48.5 Å². The van der Waals surface area contributed by atoms with Crippen LogP contribution in [-0.2, 0) is 0 Å². The van der Waals surface area contributed by atoms with Gasteiger partial charge in [-0.15, -0.1) is 0 Å². The molecule has 0 saturated carbocycles. The summed E-state index contributed by atoms with van der Waals surface area (Å²) in [6.45, 7) is 0.713. The lowest BCUT2D eigenvalue weighted by molar-refractivity contribution is 0.205. The summed E-state index contributed by atoms with van der Waals surface area (Å²) in [5, 5.41) is 4.15. The fourth-order valence-corrected chi connectivity index (χ4v) is 2.08. The minimum atomic E-state index is -0.0663. The van der Waals surface area contributed by atoms with E-state index in [9.17, 15) is 0 Å². The Morgan fingerprint density at radius 3 is 2.42 bits per heavy atom. The van der Waals surface area contributed by atoms with Crippen molar-refractivity contribution in [3.8, 4) is 5.75 Å². The second-order valence-electron chi connectivity index (χ2n) is 4.15. The topological polar surface area (TPSA) is 21.3 Å². The molecule has 1 unspecified atom stereocenters. The summed E-state index contributed by atoms with van der Waals surface area (Å²) in [4.78, 5) is 0. The number of ether oxygens (including phenoxy) is 1. The van der Waals surface area contributed by atoms with Crippen molar-refractivity contribution in [1.29, 1.82) is 0 Å². The zero-order valence-corrected chi connectivity index (χ0v) is 12.1. The summed E-state index contributed by atoms with van der Waals surface area (Å²) in [7, 11) is 1.90. The Labute approximate surface area is 123 Å². The zero-order chi connectivity index (χ0) is 13.7. The normalized spacial score (nSPS) is 12.2. The van der Waals surface area contributed by atoms with Gasteiger partial charge in [0.1, 0.15) is 11.9 Å². The van der Waals surface area contributed by atoms with Crippen LogP contribution in [0.1, 0.15) is 11.7 Å². The highest BCUT2D eigenvalue weighted by Gasteiger charge is 2.12. The Balaban J connectivity index is 2.19. The van der Waals surface area contributed by atoms with Crippen molar-refractivity contribution in [2.24, 2.45) is 0 Å². The molecule has 2 rings (SSSR count). The van der Waals surface area contributed by atoms with Gasteiger partial charge in [-0.05, 0) is 24.7 Å². The van der Waals surface area contributed by atoms with E-state index in [4.69, 9.17) is 27.9 Å². The van der Waals surface area contributed by atoms with Crippen LogP contribution in [0.2, 0.25) is 10.0 Å². The monoisotopic (exact) mass is 295 g/mol. The smallest absolute Gasteiger partial charge is 0.136 e. The third-order valence-corrected chi connectivity index (χ3v) is 3.47. The van der Waals surface area contributed by atoms with Crippen molar-refractivity contribution in [3.63, 3.8) is 0 Å². The molecule has 2 aromatic carbocycles. The number of nitrogens with one attached hydrogen (secondary N) is 1. The molecule has 0 spiro atoms. The van der Waals surface area contributed by atoms with Gasteiger partial charge in [-0.2, -0.15) is 0 Å². The standard InChI is InChI=1S/C15H15Cl2NO/c1-18-10-15(11-5-3-2-4-6-11)19-12-7-8-13(16)14(17)9-12/h2-9,15,18H,10H2,1H3. The van der Waals surface area contributed by atoms with Gasteiger partial charge in [0.05, 0.1) is 10.0 Å². The highest BCUT2D eigenvalue weighted by Crippen LogP contribution is 2.29. The lowest BCUT2D eigenvalue weighted by Gasteiger charge is -2.19. The summed E-state index contributed by atoms with van der Waals surface area (Å²) in [6.07, 6.45) is -0.0663. The number of rotatable bonds is 5. The lowest BCUT2D eigenvalue weighted by atomic mass is 10.1. The first-order chi connectivity index (χ1) is 9.20. The molecule has 0 amide bonds. The van der Waals surface area contributed by atoms with Crippen LogP contribution >= 0.6 is 23.2 Å². The van der Waals surface area contributed by atoms with Gasteiger partial charge in [0.15, 0.2) is 0 Å². The van der Waals surface area contributed by atoms with Crippen LogP contribution in [0.4, 0.5) is 0 Å². The van der Waals surface area contributed by atoms with Crippen molar-refractivity contribution in [2.75, 3.05) is 13.6 Å². The average Bonchev–Trinajstić information content (AvgIpc) is 2.43. The molecule has 0 aliphatic rings. The molecule has 0 saturated heterocycles. The molecule has 4 heteroatoms. The molecule has 0 aliphatic carbocycles. The third-order valence-electron chi connectivity index (χ3n) is 2.73. The summed E-state index contributed by atoms with van der Waals surface area (Å²) in [5.74, 6) is 0.707. The van der Waals surface area contributed by atoms with E-state index >= 15 is 0 Å². The van der Waals surface area contributed by atoms with Crippen LogP contribution in [-0.4, -0.2) is 13.6 Å². The molecule has 19 heavy (non-hydrogen) atoms. The fourth-order valence-electron chi connectivity index (χ4n) is 1.80. The molecule has 0 fully saturated rings. The van der Waals surface area contributed by atoms with Crippen LogP contribution in [0, 0.1) is 0 Å². The molecule has 0 aliphatic heterocycles. The first-order valence-electron chi connectivity index (χ1n) is 6.02. The van der Waals surface area contributed by atoms with Gasteiger partial charge in [0.25, 0.3) is 0 Å². The molecule has 1 atom stereocenters. The van der Waals surface area contributed by atoms with Gasteiger partial charge in [0.2, 0.25) is 0 Å². The van der Waals surface area contributed by atoms with E-state index in [2.05, 4.69) is 5.32 Å². The van der Waals surface area contributed by atoms with Gasteiger partial charge in [-0.3, -0.25) is 0 Å². The maximum atomic E-state index is 5.99. The van der Waals surface area contributed by atoms with E-state index in [0.29, 0.717) is 22.3 Å². The van der Waals surface area contributed by atoms with E-state index in [-0.39, 0.29) is 6.10 Å². The second kappa shape index (κ2) is 6.80. The minimum Gasteiger partial charge on any atom is -0.484 e. The van der Waals surface area contributed by atoms with Crippen molar-refractivity contribution >= 4 is 23.2 Å². The van der Waals surface area contributed by atoms with Gasteiger partial charge < -0.3 is 10.1 Å². The number of benzene rings is 2. The molecule has 0 aromatic heterocycles. The summed E-state index contributed by atoms with van der Waals surface area (Å²) >= 11 is 11.9. The highest BCUT2D eigenvalue weighted by atomic mass is 35.5. The maximum absolute atomic E-state index is 5.99. The average molecular weight is 296 g/mol. The van der Waals surface area contributed by atoms with Crippen molar-refractivity contribution in [1.82, 2.24) is 5.32 Å². The largest absolute Gasteiger partial charge is 0.484 e. The maximum Gasteiger partial charge on any atom is 0.136 e. The molecular formula is C15H15Cl2NO. The predicted octanol–water partition coefficient (Wildman–Crippen LogP) is 4.33. The molecule has 1 N–H and O–H groups in total. The number of likely N-dealkylation sites (N-methyl/N-ethyl adjacent to an activating group) is 1. The minimum absolute atomic E-state index is 0.0663. The summed E-state index contributed by atoms with van der Waals surface area (Å²) in [6, 6.07) is 15.3. The fraction of sp³-hybridized carbons (Fsp3) is 0.200. The van der Waals surface area contributed by atoms with E-state index < -0.39 is 0 Å². The lowest BCUT2D eigenvalue weighted by Crippen LogP contribution is -2.21. The second-order valence-corrected chi connectivity index (χ2v) is 4.97. The molecule has 100 valence electrons. The highest BCUT2D eigenvalue weighted by molar-refractivity contribution is 6.42. The Bertz CT molecular complexity index is 531. The Kier molecular flexibility index (Phi) is 5.08. The molecule has 0 bridgehead atoms. The van der Waals surface area contributed by atoms with E-state index in [1.807, 2.05) is 43.4 Å². The van der Waals surface area contributed by atoms with Crippen molar-refractivity contribution in [2.45, 2.75) is 6.10 Å². The van der Waals surface area contributed by atoms with Gasteiger partial charge in [0, 0.05) is 12.6 Å². The van der Waals surface area contributed by atoms with Crippen molar-refractivity contribution < 1.29 is 4.74 Å². The quantitative estimate of drug-likeness (QED) is 0.886. The van der Waals surface area contributed by atoms with Gasteiger partial charge in [-0.25, -0.2) is 0 Å². The van der Waals surface area contributed by atoms with Gasteiger partial charge >= 0.3 is 0 Å². The Morgan fingerprint density at radius 1 is 1.05 bits per heavy atom. The number of hydrogen-bond acceptors (Lipinski definition) is 2. The van der Waals surface area contributed by atoms with E-state index in [1.165, 1.54) is 0 Å². The number of hydrogen-bond donors (Lipinski definition) is 1. The Morgan fingerprint density at radius 2 is 1.79 bits per heavy atom. The van der Waals surface area contributed by atoms with Gasteiger partial charge in [-0.1, -0.05) is 53.5 Å². The third kappa shape index (κ3) is 3.87. The predicted molar refractivity (Wildman–Crippen MR) is 80.2 cm³/mol. The SMILES string of the molecule is CNCC(Oc1ccc(Cl)c(Cl)c1)c1ccccc1. The zero-order valence-electron chi connectivity index (χ0n) is 10.6. The molecule has 0 radical (unpaired) electrons. The van der Waals surface area contributed by atoms with E-state index in [0.717, 1.165) is 5.56 Å². The van der Waals surface area contributed by atoms with Crippen LogP contribution in [0.3, 0.4) is 0 Å². The molecule has 2 nitrogen and oxygen atoms in total. The molecule has 0 heterocycles. The van der Waals surface area contributed by atoms with Crippen molar-refractivity contribution in [3.05, 3.63) is 64.1 Å². The first kappa shape index (κ1) is 14.2.